The fraction of sp³-hybridized carbons (Fsp3) is 0.500. The van der Waals surface area contributed by atoms with Gasteiger partial charge in [0.15, 0.2) is 0 Å². The van der Waals surface area contributed by atoms with Gasteiger partial charge in [-0.15, -0.1) is 0 Å². The second kappa shape index (κ2) is 7.87. The molecule has 0 aliphatic heterocycles. The topological polar surface area (TPSA) is 49.8 Å². The van der Waals surface area contributed by atoms with Crippen molar-refractivity contribution >= 4 is 5.91 Å². The van der Waals surface area contributed by atoms with Gasteiger partial charge >= 0.3 is 6.18 Å². The molecule has 1 N–H and O–H groups in total. The average molecular weight is 305 g/mol. The lowest BCUT2D eigenvalue weighted by Crippen LogP contribution is -2.40. The number of methoxy groups -OCH3 is 1. The summed E-state index contributed by atoms with van der Waals surface area (Å²) in [5.74, 6) is 0.0428. The van der Waals surface area contributed by atoms with Crippen LogP contribution in [0.1, 0.15) is 12.0 Å². The standard InChI is InChI=1S/C14H18F3NO3/c1-21-12-5-2-11(3-6-12)4-7-13(20)18(8-9-19)10-14(15,16)17/h2-3,5-6,19H,4,7-10H2,1H3. The molecular formula is C14H18F3NO3. The SMILES string of the molecule is COc1ccc(CCC(=O)N(CCO)CC(F)(F)F)cc1. The molecule has 0 heterocycles. The number of carbonyl (C=O) groups excluding carboxylic acids is 1. The number of amides is 1. The minimum Gasteiger partial charge on any atom is -0.497 e. The number of alkyl halides is 3. The van der Waals surface area contributed by atoms with Gasteiger partial charge < -0.3 is 14.7 Å². The molecule has 1 aromatic rings. The number of carbonyl (C=O) groups is 1. The molecule has 0 saturated carbocycles. The molecule has 0 unspecified atom stereocenters. The van der Waals surface area contributed by atoms with E-state index in [9.17, 15) is 18.0 Å². The lowest BCUT2D eigenvalue weighted by molar-refractivity contribution is -0.162. The minimum absolute atomic E-state index is 0.0393. The summed E-state index contributed by atoms with van der Waals surface area (Å²) >= 11 is 0. The van der Waals surface area contributed by atoms with Gasteiger partial charge in [-0.3, -0.25) is 4.79 Å². The second-order valence-corrected chi connectivity index (χ2v) is 4.50. The van der Waals surface area contributed by atoms with Gasteiger partial charge in [0, 0.05) is 13.0 Å². The lowest BCUT2D eigenvalue weighted by Gasteiger charge is -2.23. The Kier molecular flexibility index (Phi) is 6.48. The Morgan fingerprint density at radius 1 is 1.29 bits per heavy atom. The van der Waals surface area contributed by atoms with Crippen molar-refractivity contribution in [1.82, 2.24) is 4.90 Å². The summed E-state index contributed by atoms with van der Waals surface area (Å²) in [5.41, 5.74) is 0.833. The van der Waals surface area contributed by atoms with E-state index in [0.29, 0.717) is 17.1 Å². The number of hydrogen-bond acceptors (Lipinski definition) is 3. The smallest absolute Gasteiger partial charge is 0.406 e. The van der Waals surface area contributed by atoms with Crippen molar-refractivity contribution in [3.63, 3.8) is 0 Å². The van der Waals surface area contributed by atoms with Crippen LogP contribution in [-0.4, -0.2) is 48.9 Å². The molecule has 4 nitrogen and oxygen atoms in total. The number of hydrogen-bond donors (Lipinski definition) is 1. The van der Waals surface area contributed by atoms with E-state index in [1.807, 2.05) is 0 Å². The van der Waals surface area contributed by atoms with Crippen LogP contribution in [0.15, 0.2) is 24.3 Å². The molecule has 118 valence electrons. The third-order valence-electron chi connectivity index (χ3n) is 2.88. The van der Waals surface area contributed by atoms with Gasteiger partial charge in [0.05, 0.1) is 13.7 Å². The van der Waals surface area contributed by atoms with Crippen molar-refractivity contribution < 1.29 is 27.8 Å². The number of ether oxygens (including phenoxy) is 1. The first kappa shape index (κ1) is 17.3. The summed E-state index contributed by atoms with van der Waals surface area (Å²) in [5, 5.41) is 8.75. The Hall–Kier alpha value is -1.76. The summed E-state index contributed by atoms with van der Waals surface area (Å²) in [4.78, 5) is 12.4. The maximum atomic E-state index is 12.3. The molecule has 0 aliphatic carbocycles. The molecule has 1 amide bonds. The van der Waals surface area contributed by atoms with Gasteiger partial charge in [0.1, 0.15) is 12.3 Å². The van der Waals surface area contributed by atoms with Gasteiger partial charge in [-0.25, -0.2) is 0 Å². The highest BCUT2D eigenvalue weighted by atomic mass is 19.4. The first-order valence-electron chi connectivity index (χ1n) is 6.44. The van der Waals surface area contributed by atoms with E-state index in [0.717, 1.165) is 5.56 Å². The van der Waals surface area contributed by atoms with Gasteiger partial charge in [-0.05, 0) is 24.1 Å². The van der Waals surface area contributed by atoms with Crippen molar-refractivity contribution in [3.05, 3.63) is 29.8 Å². The highest BCUT2D eigenvalue weighted by Gasteiger charge is 2.32. The number of benzene rings is 1. The Labute approximate surface area is 121 Å². The first-order chi connectivity index (χ1) is 9.85. The van der Waals surface area contributed by atoms with Crippen molar-refractivity contribution in [2.24, 2.45) is 0 Å². The molecular weight excluding hydrogens is 287 g/mol. The maximum absolute atomic E-state index is 12.3. The molecule has 1 rings (SSSR count). The molecule has 0 radical (unpaired) electrons. The number of rotatable bonds is 7. The van der Waals surface area contributed by atoms with Crippen LogP contribution in [0, 0.1) is 0 Å². The van der Waals surface area contributed by atoms with Crippen molar-refractivity contribution in [3.8, 4) is 5.75 Å². The van der Waals surface area contributed by atoms with Gasteiger partial charge in [0.25, 0.3) is 0 Å². The van der Waals surface area contributed by atoms with Gasteiger partial charge in [-0.1, -0.05) is 12.1 Å². The van der Waals surface area contributed by atoms with E-state index < -0.39 is 25.2 Å². The van der Waals surface area contributed by atoms with Crippen LogP contribution < -0.4 is 4.74 Å². The monoisotopic (exact) mass is 305 g/mol. The molecule has 0 saturated heterocycles. The third kappa shape index (κ3) is 6.48. The Morgan fingerprint density at radius 2 is 1.90 bits per heavy atom. The number of halogens is 3. The summed E-state index contributed by atoms with van der Waals surface area (Å²) < 4.78 is 42.0. The van der Waals surface area contributed by atoms with Crippen molar-refractivity contribution in [2.45, 2.75) is 19.0 Å². The molecule has 0 aliphatic rings. The zero-order valence-corrected chi connectivity index (χ0v) is 11.7. The molecule has 0 bridgehead atoms. The lowest BCUT2D eigenvalue weighted by atomic mass is 10.1. The van der Waals surface area contributed by atoms with Crippen LogP contribution in [0.25, 0.3) is 0 Å². The Bertz CT molecular complexity index is 446. The first-order valence-corrected chi connectivity index (χ1v) is 6.44. The highest BCUT2D eigenvalue weighted by Crippen LogP contribution is 2.18. The quantitative estimate of drug-likeness (QED) is 0.838. The van der Waals surface area contributed by atoms with E-state index in [2.05, 4.69) is 0 Å². The zero-order chi connectivity index (χ0) is 15.9. The summed E-state index contributed by atoms with van der Waals surface area (Å²) in [6, 6.07) is 6.96. The predicted octanol–water partition coefficient (Wildman–Crippen LogP) is 2.01. The molecule has 21 heavy (non-hydrogen) atoms. The fourth-order valence-corrected chi connectivity index (χ4v) is 1.83. The maximum Gasteiger partial charge on any atom is 0.406 e. The second-order valence-electron chi connectivity index (χ2n) is 4.50. The minimum atomic E-state index is -4.47. The van der Waals surface area contributed by atoms with Crippen LogP contribution in [-0.2, 0) is 11.2 Å². The Morgan fingerprint density at radius 3 is 2.38 bits per heavy atom. The van der Waals surface area contributed by atoms with Crippen molar-refractivity contribution in [1.29, 1.82) is 0 Å². The summed E-state index contributed by atoms with van der Waals surface area (Å²) in [6.45, 7) is -2.15. The largest absolute Gasteiger partial charge is 0.497 e. The number of aliphatic hydroxyl groups is 1. The number of aliphatic hydroxyl groups excluding tert-OH is 1. The molecule has 0 aromatic heterocycles. The zero-order valence-electron chi connectivity index (χ0n) is 11.7. The van der Waals surface area contributed by atoms with Gasteiger partial charge in [-0.2, -0.15) is 13.2 Å². The highest BCUT2D eigenvalue weighted by molar-refractivity contribution is 5.76. The Balaban J connectivity index is 2.55. The molecule has 0 fully saturated rings. The number of nitrogens with zero attached hydrogens (tertiary/aromatic N) is 1. The van der Waals surface area contributed by atoms with E-state index in [1.165, 1.54) is 7.11 Å². The van der Waals surface area contributed by atoms with E-state index >= 15 is 0 Å². The fourth-order valence-electron chi connectivity index (χ4n) is 1.83. The van der Waals surface area contributed by atoms with Crippen LogP contribution >= 0.6 is 0 Å². The van der Waals surface area contributed by atoms with Gasteiger partial charge in [0.2, 0.25) is 5.91 Å². The third-order valence-corrected chi connectivity index (χ3v) is 2.88. The normalized spacial score (nSPS) is 11.3. The molecule has 0 atom stereocenters. The van der Waals surface area contributed by atoms with Crippen LogP contribution in [0.4, 0.5) is 13.2 Å². The van der Waals surface area contributed by atoms with Crippen LogP contribution in [0.3, 0.4) is 0 Å². The van der Waals surface area contributed by atoms with Crippen LogP contribution in [0.2, 0.25) is 0 Å². The average Bonchev–Trinajstić information content (AvgIpc) is 2.43. The van der Waals surface area contributed by atoms with E-state index in [1.54, 1.807) is 24.3 Å². The van der Waals surface area contributed by atoms with E-state index in [-0.39, 0.29) is 13.0 Å². The molecule has 0 spiro atoms. The summed E-state index contributed by atoms with van der Waals surface area (Å²) in [7, 11) is 1.53. The molecule has 7 heteroatoms. The number of aryl methyl sites for hydroxylation is 1. The molecule has 1 aromatic carbocycles. The van der Waals surface area contributed by atoms with E-state index in [4.69, 9.17) is 9.84 Å². The van der Waals surface area contributed by atoms with Crippen LogP contribution in [0.5, 0.6) is 5.75 Å². The predicted molar refractivity (Wildman–Crippen MR) is 71.0 cm³/mol. The van der Waals surface area contributed by atoms with Crippen molar-refractivity contribution in [2.75, 3.05) is 26.8 Å². The summed E-state index contributed by atoms with van der Waals surface area (Å²) in [6.07, 6.45) is -4.17.